The first-order valence-electron chi connectivity index (χ1n) is 8.04. The van der Waals surface area contributed by atoms with E-state index in [0.29, 0.717) is 23.2 Å². The molecule has 2 heterocycles. The number of nitrogens with zero attached hydrogens (tertiary/aromatic N) is 2. The average Bonchev–Trinajstić information content (AvgIpc) is 2.94. The topological polar surface area (TPSA) is 67.4 Å². The molecule has 0 spiro atoms. The van der Waals surface area contributed by atoms with Gasteiger partial charge in [-0.2, -0.15) is 9.46 Å². The summed E-state index contributed by atoms with van der Waals surface area (Å²) in [6.45, 7) is 1.80. The Labute approximate surface area is 143 Å². The number of ether oxygens (including phenoxy) is 1. The van der Waals surface area contributed by atoms with Crippen LogP contribution < -0.4 is 9.57 Å². The third-order valence-electron chi connectivity index (χ3n) is 4.11. The number of pyridine rings is 1. The van der Waals surface area contributed by atoms with Crippen molar-refractivity contribution in [3.63, 3.8) is 0 Å². The van der Waals surface area contributed by atoms with Crippen LogP contribution >= 0.6 is 0 Å². The highest BCUT2D eigenvalue weighted by Crippen LogP contribution is 2.28. The number of benzene rings is 2. The van der Waals surface area contributed by atoms with E-state index in [2.05, 4.69) is 0 Å². The number of esters is 1. The van der Waals surface area contributed by atoms with Gasteiger partial charge in [0.05, 0.1) is 17.5 Å². The number of hydrogen-bond acceptors (Lipinski definition) is 4. The van der Waals surface area contributed by atoms with Crippen LogP contribution in [0.2, 0.25) is 0 Å². The fourth-order valence-electron chi connectivity index (χ4n) is 3.08. The Kier molecular flexibility index (Phi) is 3.65. The molecule has 0 N–H and O–H groups in total. The summed E-state index contributed by atoms with van der Waals surface area (Å²) >= 11 is 0. The lowest BCUT2D eigenvalue weighted by Gasteiger charge is -2.09. The lowest BCUT2D eigenvalue weighted by Crippen LogP contribution is -2.28. The normalized spacial score (nSPS) is 11.2. The van der Waals surface area contributed by atoms with Crippen molar-refractivity contribution in [2.45, 2.75) is 6.92 Å². The van der Waals surface area contributed by atoms with Crippen LogP contribution in [0.3, 0.4) is 0 Å². The van der Waals surface area contributed by atoms with Gasteiger partial charge in [-0.05, 0) is 31.2 Å². The van der Waals surface area contributed by atoms with Gasteiger partial charge in [-0.1, -0.05) is 24.3 Å². The van der Waals surface area contributed by atoms with E-state index in [1.807, 2.05) is 48.5 Å². The van der Waals surface area contributed by atoms with Crippen molar-refractivity contribution in [1.29, 1.82) is 0 Å². The van der Waals surface area contributed by atoms with Crippen LogP contribution in [0.15, 0.2) is 54.6 Å². The van der Waals surface area contributed by atoms with Crippen molar-refractivity contribution in [3.8, 4) is 0 Å². The largest absolute Gasteiger partial charge is 0.618 e. The fraction of sp³-hybridized carbons (Fsp3) is 0.158. The summed E-state index contributed by atoms with van der Waals surface area (Å²) in [6.07, 6.45) is 0. The average molecular weight is 336 g/mol. The Bertz CT molecular complexity index is 1100. The highest BCUT2D eigenvalue weighted by molar-refractivity contribution is 6.06. The minimum Gasteiger partial charge on any atom is -0.618 e. The highest BCUT2D eigenvalue weighted by atomic mass is 16.7. The third-order valence-corrected chi connectivity index (χ3v) is 4.11. The molecule has 0 saturated heterocycles. The molecule has 0 atom stereocenters. The summed E-state index contributed by atoms with van der Waals surface area (Å²) in [5, 5.41) is 14.5. The Morgan fingerprint density at radius 3 is 2.72 bits per heavy atom. The molecule has 6 heteroatoms. The number of rotatable bonds is 4. The molecule has 2 aromatic carbocycles. The van der Waals surface area contributed by atoms with Crippen LogP contribution in [0.4, 0.5) is 0 Å². The minimum absolute atomic E-state index is 0.229. The standard InChI is InChI=1S/C19H16N2O4/c1-2-24-18(22)12-25-21-16-10-6-4-8-14(16)19-17(21)11-13-7-3-5-9-15(13)20(19)23/h3-11H,2,12H2,1H3. The van der Waals surface area contributed by atoms with Crippen molar-refractivity contribution in [3.05, 3.63) is 59.8 Å². The van der Waals surface area contributed by atoms with Gasteiger partial charge < -0.3 is 14.8 Å². The summed E-state index contributed by atoms with van der Waals surface area (Å²) in [5.74, 6) is -0.454. The minimum atomic E-state index is -0.454. The van der Waals surface area contributed by atoms with Crippen molar-refractivity contribution in [2.24, 2.45) is 0 Å². The van der Waals surface area contributed by atoms with E-state index in [1.54, 1.807) is 13.0 Å². The summed E-state index contributed by atoms with van der Waals surface area (Å²) in [5.41, 5.74) is 2.43. The molecule has 4 rings (SSSR count). The zero-order chi connectivity index (χ0) is 17.4. The summed E-state index contributed by atoms with van der Waals surface area (Å²) in [6, 6.07) is 16.7. The molecule has 6 nitrogen and oxygen atoms in total. The van der Waals surface area contributed by atoms with Crippen LogP contribution in [-0.4, -0.2) is 23.9 Å². The smallest absolute Gasteiger partial charge is 0.346 e. The zero-order valence-corrected chi connectivity index (χ0v) is 13.6. The van der Waals surface area contributed by atoms with Gasteiger partial charge in [0.2, 0.25) is 12.1 Å². The first-order valence-corrected chi connectivity index (χ1v) is 8.04. The van der Waals surface area contributed by atoms with Crippen LogP contribution in [0, 0.1) is 5.21 Å². The monoisotopic (exact) mass is 336 g/mol. The molecule has 4 aromatic rings. The quantitative estimate of drug-likeness (QED) is 0.326. The van der Waals surface area contributed by atoms with E-state index >= 15 is 0 Å². The first-order chi connectivity index (χ1) is 12.2. The zero-order valence-electron chi connectivity index (χ0n) is 13.6. The molecule has 0 aliphatic carbocycles. The van der Waals surface area contributed by atoms with Gasteiger partial charge in [0.1, 0.15) is 0 Å². The molecule has 0 aliphatic heterocycles. The highest BCUT2D eigenvalue weighted by Gasteiger charge is 2.21. The summed E-state index contributed by atoms with van der Waals surface area (Å²) in [7, 11) is 0. The fourth-order valence-corrected chi connectivity index (χ4v) is 3.08. The number of para-hydroxylation sites is 2. The third kappa shape index (κ3) is 2.42. The van der Waals surface area contributed by atoms with Crippen LogP contribution in [0.1, 0.15) is 6.92 Å². The van der Waals surface area contributed by atoms with Gasteiger partial charge in [-0.25, -0.2) is 4.79 Å². The summed E-state index contributed by atoms with van der Waals surface area (Å²) < 4.78 is 7.36. The number of carbonyl (C=O) groups is 1. The van der Waals surface area contributed by atoms with Gasteiger partial charge >= 0.3 is 5.97 Å². The summed E-state index contributed by atoms with van der Waals surface area (Å²) in [4.78, 5) is 17.3. The molecule has 0 radical (unpaired) electrons. The SMILES string of the molecule is CCOC(=O)COn1c2ccccc2c2c1cc1ccccc1[n+]2[O-]. The lowest BCUT2D eigenvalue weighted by atomic mass is 10.2. The maximum absolute atomic E-state index is 12.9. The molecule has 0 unspecified atom stereocenters. The van der Waals surface area contributed by atoms with Crippen LogP contribution in [0.5, 0.6) is 0 Å². The second-order valence-corrected chi connectivity index (χ2v) is 5.62. The van der Waals surface area contributed by atoms with Gasteiger partial charge in [0.15, 0.2) is 5.52 Å². The van der Waals surface area contributed by atoms with Crippen molar-refractivity contribution in [1.82, 2.24) is 4.73 Å². The van der Waals surface area contributed by atoms with Crippen molar-refractivity contribution >= 4 is 38.8 Å². The first kappa shape index (κ1) is 15.3. The van der Waals surface area contributed by atoms with E-state index in [0.717, 1.165) is 21.0 Å². The molecule has 126 valence electrons. The number of aromatic nitrogens is 2. The van der Waals surface area contributed by atoms with Gasteiger partial charge in [0, 0.05) is 11.5 Å². The Balaban J connectivity index is 1.97. The van der Waals surface area contributed by atoms with Crippen molar-refractivity contribution in [2.75, 3.05) is 13.2 Å². The van der Waals surface area contributed by atoms with E-state index in [-0.39, 0.29) is 6.61 Å². The molecule has 0 amide bonds. The van der Waals surface area contributed by atoms with E-state index in [9.17, 15) is 10.0 Å². The molecule has 2 aromatic heterocycles. The number of carbonyl (C=O) groups excluding carboxylic acids is 1. The van der Waals surface area contributed by atoms with E-state index < -0.39 is 5.97 Å². The van der Waals surface area contributed by atoms with E-state index in [4.69, 9.17) is 9.57 Å². The molecule has 0 fully saturated rings. The Morgan fingerprint density at radius 2 is 1.88 bits per heavy atom. The van der Waals surface area contributed by atoms with Gasteiger partial charge in [-0.3, -0.25) is 0 Å². The molecule has 0 aliphatic rings. The molecule has 25 heavy (non-hydrogen) atoms. The van der Waals surface area contributed by atoms with E-state index in [1.165, 1.54) is 4.73 Å². The maximum atomic E-state index is 12.9. The molecule has 0 bridgehead atoms. The van der Waals surface area contributed by atoms with Crippen molar-refractivity contribution < 1.29 is 19.1 Å². The predicted octanol–water partition coefficient (Wildman–Crippen LogP) is 2.57. The molecular formula is C19H16N2O4. The second kappa shape index (κ2) is 5.98. The Hall–Kier alpha value is -3.28. The molecule has 0 saturated carbocycles. The maximum Gasteiger partial charge on any atom is 0.346 e. The Morgan fingerprint density at radius 1 is 1.12 bits per heavy atom. The molecular weight excluding hydrogens is 320 g/mol. The van der Waals surface area contributed by atoms with Crippen LogP contribution in [0.25, 0.3) is 32.8 Å². The van der Waals surface area contributed by atoms with Gasteiger partial charge in [0.25, 0.3) is 5.52 Å². The predicted molar refractivity (Wildman–Crippen MR) is 94.0 cm³/mol. The van der Waals surface area contributed by atoms with Crippen LogP contribution in [-0.2, 0) is 9.53 Å². The lowest BCUT2D eigenvalue weighted by molar-refractivity contribution is -0.547. The second-order valence-electron chi connectivity index (χ2n) is 5.62. The number of hydrogen-bond donors (Lipinski definition) is 0. The number of fused-ring (bicyclic) bond motifs is 4. The van der Waals surface area contributed by atoms with Gasteiger partial charge in [-0.15, -0.1) is 0 Å².